The van der Waals surface area contributed by atoms with Gasteiger partial charge in [0, 0.05) is 6.07 Å². The Bertz CT molecular complexity index is 541. The number of fused-ring (bicyclic) bond motifs is 1. The lowest BCUT2D eigenvalue weighted by atomic mass is 10.1. The maximum Gasteiger partial charge on any atom is 0.138 e. The number of hydrogen-bond donors (Lipinski definition) is 0. The molecule has 1 aliphatic rings. The molecule has 0 bridgehead atoms. The van der Waals surface area contributed by atoms with Gasteiger partial charge in [-0.1, -0.05) is 0 Å². The molecule has 18 heavy (non-hydrogen) atoms. The molecule has 0 fully saturated rings. The van der Waals surface area contributed by atoms with Crippen molar-refractivity contribution < 1.29 is 9.13 Å². The smallest absolute Gasteiger partial charge is 0.138 e. The highest BCUT2D eigenvalue weighted by molar-refractivity contribution is 5.39. The van der Waals surface area contributed by atoms with Crippen LogP contribution in [0.2, 0.25) is 0 Å². The number of rotatable bonds is 4. The molecule has 5 nitrogen and oxygen atoms in total. The van der Waals surface area contributed by atoms with Crippen molar-refractivity contribution in [2.75, 3.05) is 6.61 Å². The Kier molecular flexibility index (Phi) is 2.92. The second-order valence-electron chi connectivity index (χ2n) is 4.32. The minimum atomic E-state index is -0.151. The highest BCUT2D eigenvalue weighted by atomic mass is 19.1. The molecule has 1 aromatic carbocycles. The largest absolute Gasteiger partial charge is 0.492 e. The summed E-state index contributed by atoms with van der Waals surface area (Å²) in [5, 5.41) is 10.8. The van der Waals surface area contributed by atoms with Gasteiger partial charge in [0.15, 0.2) is 0 Å². The Morgan fingerprint density at radius 3 is 3.11 bits per heavy atom. The van der Waals surface area contributed by atoms with Gasteiger partial charge < -0.3 is 4.74 Å². The van der Waals surface area contributed by atoms with Gasteiger partial charge in [0.2, 0.25) is 0 Å². The zero-order valence-corrected chi connectivity index (χ0v) is 9.84. The molecular formula is C12H13FN4O. The number of halogens is 1. The number of aryl methyl sites for hydroxylation is 1. The van der Waals surface area contributed by atoms with Gasteiger partial charge in [-0.25, -0.2) is 9.07 Å². The molecule has 94 valence electrons. The Morgan fingerprint density at radius 2 is 2.28 bits per heavy atom. The van der Waals surface area contributed by atoms with Crippen LogP contribution in [0.5, 0.6) is 5.75 Å². The molecular weight excluding hydrogens is 235 g/mol. The van der Waals surface area contributed by atoms with Crippen LogP contribution in [-0.2, 0) is 19.4 Å². The van der Waals surface area contributed by atoms with E-state index in [2.05, 4.69) is 15.5 Å². The first-order chi connectivity index (χ1) is 8.83. The van der Waals surface area contributed by atoms with Crippen molar-refractivity contribution in [1.82, 2.24) is 20.2 Å². The molecule has 6 heteroatoms. The SMILES string of the molecule is Fc1cc(OCCn2cnnn2)cc2c1CCC2. The molecule has 0 spiro atoms. The van der Waals surface area contributed by atoms with Crippen molar-refractivity contribution in [3.63, 3.8) is 0 Å². The van der Waals surface area contributed by atoms with E-state index in [9.17, 15) is 4.39 Å². The van der Waals surface area contributed by atoms with Crippen molar-refractivity contribution in [2.24, 2.45) is 0 Å². The number of benzene rings is 1. The van der Waals surface area contributed by atoms with E-state index in [0.717, 1.165) is 30.4 Å². The van der Waals surface area contributed by atoms with E-state index in [0.29, 0.717) is 18.9 Å². The van der Waals surface area contributed by atoms with Crippen molar-refractivity contribution in [2.45, 2.75) is 25.8 Å². The molecule has 0 unspecified atom stereocenters. The number of ether oxygens (including phenoxy) is 1. The third kappa shape index (κ3) is 2.18. The molecule has 2 aromatic rings. The van der Waals surface area contributed by atoms with Crippen LogP contribution in [0.4, 0.5) is 4.39 Å². The molecule has 0 radical (unpaired) electrons. The third-order valence-corrected chi connectivity index (χ3v) is 3.11. The first-order valence-corrected chi connectivity index (χ1v) is 5.98. The van der Waals surface area contributed by atoms with Crippen molar-refractivity contribution >= 4 is 0 Å². The fourth-order valence-electron chi connectivity index (χ4n) is 2.25. The zero-order valence-electron chi connectivity index (χ0n) is 9.84. The van der Waals surface area contributed by atoms with Crippen LogP contribution < -0.4 is 4.74 Å². The van der Waals surface area contributed by atoms with Crippen LogP contribution in [-0.4, -0.2) is 26.8 Å². The van der Waals surface area contributed by atoms with Gasteiger partial charge in [-0.3, -0.25) is 0 Å². The summed E-state index contributed by atoms with van der Waals surface area (Å²) in [7, 11) is 0. The highest BCUT2D eigenvalue weighted by Gasteiger charge is 2.16. The second kappa shape index (κ2) is 4.72. The fraction of sp³-hybridized carbons (Fsp3) is 0.417. The van der Waals surface area contributed by atoms with E-state index in [1.165, 1.54) is 12.4 Å². The maximum atomic E-state index is 13.7. The molecule has 1 aliphatic carbocycles. The van der Waals surface area contributed by atoms with E-state index in [4.69, 9.17) is 4.74 Å². The quantitative estimate of drug-likeness (QED) is 0.820. The maximum absolute atomic E-state index is 13.7. The van der Waals surface area contributed by atoms with Crippen molar-refractivity contribution in [3.05, 3.63) is 35.4 Å². The number of aromatic nitrogens is 4. The van der Waals surface area contributed by atoms with E-state index in [1.54, 1.807) is 4.68 Å². The molecule has 0 saturated carbocycles. The Hall–Kier alpha value is -1.98. The molecule has 3 rings (SSSR count). The van der Waals surface area contributed by atoms with Crippen LogP contribution in [0.3, 0.4) is 0 Å². The number of nitrogens with zero attached hydrogens (tertiary/aromatic N) is 4. The van der Waals surface area contributed by atoms with Gasteiger partial charge in [-0.15, -0.1) is 5.10 Å². The lowest BCUT2D eigenvalue weighted by molar-refractivity contribution is 0.288. The molecule has 0 aliphatic heterocycles. The summed E-state index contributed by atoms with van der Waals surface area (Å²) in [6.07, 6.45) is 4.33. The van der Waals surface area contributed by atoms with Gasteiger partial charge in [0.05, 0.1) is 6.54 Å². The van der Waals surface area contributed by atoms with E-state index >= 15 is 0 Å². The first-order valence-electron chi connectivity index (χ1n) is 5.98. The fourth-order valence-corrected chi connectivity index (χ4v) is 2.25. The number of hydrogen-bond acceptors (Lipinski definition) is 4. The van der Waals surface area contributed by atoms with Crippen LogP contribution in [0.15, 0.2) is 18.5 Å². The van der Waals surface area contributed by atoms with E-state index < -0.39 is 0 Å². The Labute approximate surface area is 104 Å². The Morgan fingerprint density at radius 1 is 1.33 bits per heavy atom. The van der Waals surface area contributed by atoms with Crippen LogP contribution in [0, 0.1) is 5.82 Å². The monoisotopic (exact) mass is 248 g/mol. The summed E-state index contributed by atoms with van der Waals surface area (Å²) in [5.41, 5.74) is 1.93. The predicted molar refractivity (Wildman–Crippen MR) is 61.7 cm³/mol. The molecule has 0 atom stereocenters. The van der Waals surface area contributed by atoms with Gasteiger partial charge in [-0.05, 0) is 46.9 Å². The summed E-state index contributed by atoms with van der Waals surface area (Å²) in [5.74, 6) is 0.434. The third-order valence-electron chi connectivity index (χ3n) is 3.11. The van der Waals surface area contributed by atoms with Crippen LogP contribution in [0.25, 0.3) is 0 Å². The Balaban J connectivity index is 1.65. The average molecular weight is 248 g/mol. The van der Waals surface area contributed by atoms with Crippen LogP contribution in [0.1, 0.15) is 17.5 Å². The summed E-state index contributed by atoms with van der Waals surface area (Å²) in [4.78, 5) is 0. The summed E-state index contributed by atoms with van der Waals surface area (Å²) < 4.78 is 20.8. The minimum Gasteiger partial charge on any atom is -0.492 e. The minimum absolute atomic E-state index is 0.151. The summed E-state index contributed by atoms with van der Waals surface area (Å²) in [6.45, 7) is 0.967. The zero-order chi connectivity index (χ0) is 12.4. The number of tetrazole rings is 1. The predicted octanol–water partition coefficient (Wildman–Crippen LogP) is 1.38. The molecule has 1 aromatic heterocycles. The molecule has 0 N–H and O–H groups in total. The molecule has 0 saturated heterocycles. The average Bonchev–Trinajstić information content (AvgIpc) is 2.99. The topological polar surface area (TPSA) is 52.8 Å². The lowest BCUT2D eigenvalue weighted by Crippen LogP contribution is -2.09. The standard InChI is InChI=1S/C12H13FN4O/c13-12-7-10(6-9-2-1-3-11(9)12)18-5-4-17-8-14-15-16-17/h6-8H,1-5H2. The molecule has 1 heterocycles. The summed E-state index contributed by atoms with van der Waals surface area (Å²) >= 11 is 0. The van der Waals surface area contributed by atoms with Crippen LogP contribution >= 0.6 is 0 Å². The summed E-state index contributed by atoms with van der Waals surface area (Å²) in [6, 6.07) is 3.40. The van der Waals surface area contributed by atoms with Crippen molar-refractivity contribution in [1.29, 1.82) is 0 Å². The molecule has 0 amide bonds. The van der Waals surface area contributed by atoms with Crippen molar-refractivity contribution in [3.8, 4) is 5.75 Å². The van der Waals surface area contributed by atoms with E-state index in [1.807, 2.05) is 6.07 Å². The van der Waals surface area contributed by atoms with E-state index in [-0.39, 0.29) is 5.82 Å². The second-order valence-corrected chi connectivity index (χ2v) is 4.32. The van der Waals surface area contributed by atoms with Gasteiger partial charge in [-0.2, -0.15) is 0 Å². The lowest BCUT2D eigenvalue weighted by Gasteiger charge is -2.08. The first kappa shape index (κ1) is 11.1. The normalized spacial score (nSPS) is 13.6. The highest BCUT2D eigenvalue weighted by Crippen LogP contribution is 2.28. The van der Waals surface area contributed by atoms with Gasteiger partial charge in [0.25, 0.3) is 0 Å². The van der Waals surface area contributed by atoms with Gasteiger partial charge >= 0.3 is 0 Å². The van der Waals surface area contributed by atoms with Gasteiger partial charge in [0.1, 0.15) is 24.5 Å².